The molecule has 0 unspecified atom stereocenters. The van der Waals surface area contributed by atoms with Crippen LogP contribution in [0.25, 0.3) is 66.1 Å². The largest absolute Gasteiger partial charge is 0.456 e. The second-order valence-corrected chi connectivity index (χ2v) is 16.2. The number of nitrogens with zero attached hydrogens (tertiary/aromatic N) is 1. The Labute approximate surface area is 325 Å². The zero-order valence-electron chi connectivity index (χ0n) is 31.4. The van der Waals surface area contributed by atoms with E-state index in [1.54, 1.807) is 0 Å². The van der Waals surface area contributed by atoms with Gasteiger partial charge in [-0.15, -0.1) is 0 Å². The van der Waals surface area contributed by atoms with Crippen molar-refractivity contribution in [2.45, 2.75) is 31.6 Å². The minimum Gasteiger partial charge on any atom is -0.456 e. The van der Waals surface area contributed by atoms with Crippen LogP contribution in [0.5, 0.6) is 0 Å². The van der Waals surface area contributed by atoms with Crippen molar-refractivity contribution < 1.29 is 8.83 Å². The van der Waals surface area contributed by atoms with Gasteiger partial charge in [0.2, 0.25) is 0 Å². The molecule has 2 aromatic heterocycles. The van der Waals surface area contributed by atoms with E-state index in [0.29, 0.717) is 0 Å². The maximum atomic E-state index is 6.93. The fourth-order valence-corrected chi connectivity index (χ4v) is 10.2. The van der Waals surface area contributed by atoms with Crippen LogP contribution in [-0.2, 0) is 10.8 Å². The van der Waals surface area contributed by atoms with Gasteiger partial charge in [-0.3, -0.25) is 0 Å². The third-order valence-electron chi connectivity index (χ3n) is 12.9. The summed E-state index contributed by atoms with van der Waals surface area (Å²) in [5.41, 5.74) is 17.8. The molecule has 2 aliphatic carbocycles. The lowest BCUT2D eigenvalue weighted by atomic mass is 9.74. The van der Waals surface area contributed by atoms with Gasteiger partial charge in [0.05, 0.1) is 5.69 Å². The molecule has 0 saturated heterocycles. The minimum absolute atomic E-state index is 0.145. The highest BCUT2D eigenvalue weighted by Gasteiger charge is 2.42. The summed E-state index contributed by atoms with van der Waals surface area (Å²) in [5.74, 6) is 0. The summed E-state index contributed by atoms with van der Waals surface area (Å²) in [5, 5.41) is 4.40. The standard InChI is InChI=1S/C53H37NO2/c1-52(2)42-20-8-4-14-34(42)37-28-26-33(31-46(37)52)54(47-24-13-19-39-38-17-7-11-25-48(38)56-51(39)47)32-27-29-49-41(30-32)40-18-12-23-45(50(40)55-49)53(3)43-21-9-5-15-35(43)36-16-6-10-22-44(36)53/h4-31H,1-3H3. The van der Waals surface area contributed by atoms with Crippen molar-refractivity contribution >= 4 is 60.9 Å². The molecule has 0 aliphatic heterocycles. The molecule has 3 nitrogen and oxygen atoms in total. The van der Waals surface area contributed by atoms with Crippen LogP contribution in [0, 0.1) is 0 Å². The van der Waals surface area contributed by atoms with E-state index in [2.05, 4.69) is 189 Å². The van der Waals surface area contributed by atoms with E-state index in [1.165, 1.54) is 50.1 Å². The number of anilines is 3. The Morgan fingerprint density at radius 3 is 1.66 bits per heavy atom. The third kappa shape index (κ3) is 4.07. The summed E-state index contributed by atoms with van der Waals surface area (Å²) in [6.07, 6.45) is 0. The highest BCUT2D eigenvalue weighted by molar-refractivity contribution is 6.12. The van der Waals surface area contributed by atoms with E-state index in [0.717, 1.165) is 60.9 Å². The normalized spacial score (nSPS) is 14.6. The molecule has 0 radical (unpaired) electrons. The Hall–Kier alpha value is -6.84. The van der Waals surface area contributed by atoms with Crippen LogP contribution in [0.15, 0.2) is 179 Å². The maximum absolute atomic E-state index is 6.93. The molecule has 10 aromatic rings. The summed E-state index contributed by atoms with van der Waals surface area (Å²) in [4.78, 5) is 2.37. The summed E-state index contributed by atoms with van der Waals surface area (Å²) in [6.45, 7) is 7.04. The molecule has 3 heteroatoms. The first kappa shape index (κ1) is 31.5. The topological polar surface area (TPSA) is 29.5 Å². The van der Waals surface area contributed by atoms with E-state index in [1.807, 2.05) is 6.07 Å². The molecule has 8 aromatic carbocycles. The van der Waals surface area contributed by atoms with E-state index in [9.17, 15) is 0 Å². The highest BCUT2D eigenvalue weighted by atomic mass is 16.3. The first-order valence-corrected chi connectivity index (χ1v) is 19.5. The first-order chi connectivity index (χ1) is 27.4. The summed E-state index contributed by atoms with van der Waals surface area (Å²) >= 11 is 0. The van der Waals surface area contributed by atoms with Gasteiger partial charge in [0.15, 0.2) is 5.58 Å². The number of furan rings is 2. The average molecular weight is 720 g/mol. The van der Waals surface area contributed by atoms with Crippen LogP contribution in [0.4, 0.5) is 17.1 Å². The van der Waals surface area contributed by atoms with Crippen LogP contribution in [0.2, 0.25) is 0 Å². The Morgan fingerprint density at radius 2 is 0.893 bits per heavy atom. The van der Waals surface area contributed by atoms with E-state index in [-0.39, 0.29) is 10.8 Å². The molecule has 0 spiro atoms. The van der Waals surface area contributed by atoms with Gasteiger partial charge in [-0.05, 0) is 93.9 Å². The van der Waals surface area contributed by atoms with Crippen LogP contribution >= 0.6 is 0 Å². The number of hydrogen-bond acceptors (Lipinski definition) is 3. The van der Waals surface area contributed by atoms with Gasteiger partial charge in [-0.2, -0.15) is 0 Å². The van der Waals surface area contributed by atoms with Crippen molar-refractivity contribution in [3.05, 3.63) is 198 Å². The molecule has 0 atom stereocenters. The van der Waals surface area contributed by atoms with Crippen molar-refractivity contribution in [2.75, 3.05) is 4.90 Å². The SMILES string of the molecule is CC1(C)c2ccccc2-c2ccc(N(c3ccc4oc5c(C6(C)c7ccccc7-c7ccccc76)cccc5c4c3)c3cccc4c3oc3ccccc34)cc21. The van der Waals surface area contributed by atoms with Crippen molar-refractivity contribution in [2.24, 2.45) is 0 Å². The van der Waals surface area contributed by atoms with E-state index >= 15 is 0 Å². The zero-order valence-corrected chi connectivity index (χ0v) is 31.4. The predicted octanol–water partition coefficient (Wildman–Crippen LogP) is 14.6. The summed E-state index contributed by atoms with van der Waals surface area (Å²) in [6, 6.07) is 61.6. The minimum atomic E-state index is -0.374. The number of fused-ring (bicyclic) bond motifs is 12. The Kier molecular flexibility index (Phi) is 6.25. The lowest BCUT2D eigenvalue weighted by Gasteiger charge is -2.28. The Bertz CT molecular complexity index is 3220. The molecule has 0 fully saturated rings. The highest BCUT2D eigenvalue weighted by Crippen LogP contribution is 2.55. The van der Waals surface area contributed by atoms with Gasteiger partial charge in [0.1, 0.15) is 16.7 Å². The maximum Gasteiger partial charge on any atom is 0.159 e. The number of rotatable bonds is 4. The average Bonchev–Trinajstić information content (AvgIpc) is 3.95. The number of benzene rings is 8. The van der Waals surface area contributed by atoms with Gasteiger partial charge in [-0.25, -0.2) is 0 Å². The van der Waals surface area contributed by atoms with Gasteiger partial charge < -0.3 is 13.7 Å². The molecule has 12 rings (SSSR count). The summed E-state index contributed by atoms with van der Waals surface area (Å²) in [7, 11) is 0. The summed E-state index contributed by atoms with van der Waals surface area (Å²) < 4.78 is 13.6. The monoisotopic (exact) mass is 719 g/mol. The molecule has 56 heavy (non-hydrogen) atoms. The Morgan fingerprint density at radius 1 is 0.375 bits per heavy atom. The molecule has 2 aliphatic rings. The molecule has 266 valence electrons. The van der Waals surface area contributed by atoms with E-state index in [4.69, 9.17) is 8.83 Å². The lowest BCUT2D eigenvalue weighted by Crippen LogP contribution is -2.22. The van der Waals surface area contributed by atoms with Gasteiger partial charge in [0.25, 0.3) is 0 Å². The van der Waals surface area contributed by atoms with Crippen LogP contribution in [0.1, 0.15) is 48.6 Å². The number of hydrogen-bond donors (Lipinski definition) is 0. The van der Waals surface area contributed by atoms with Crippen LogP contribution < -0.4 is 4.90 Å². The van der Waals surface area contributed by atoms with Crippen molar-refractivity contribution in [3.8, 4) is 22.3 Å². The fraction of sp³-hybridized carbons (Fsp3) is 0.0943. The molecule has 0 amide bonds. The molecular formula is C53H37NO2. The Balaban J connectivity index is 1.09. The van der Waals surface area contributed by atoms with Crippen LogP contribution in [0.3, 0.4) is 0 Å². The predicted molar refractivity (Wildman–Crippen MR) is 231 cm³/mol. The number of para-hydroxylation sites is 3. The van der Waals surface area contributed by atoms with Gasteiger partial charge >= 0.3 is 0 Å². The van der Waals surface area contributed by atoms with Crippen molar-refractivity contribution in [1.82, 2.24) is 0 Å². The zero-order chi connectivity index (χ0) is 37.3. The molecule has 2 heterocycles. The van der Waals surface area contributed by atoms with Crippen molar-refractivity contribution in [3.63, 3.8) is 0 Å². The third-order valence-corrected chi connectivity index (χ3v) is 12.9. The van der Waals surface area contributed by atoms with Gasteiger partial charge in [0, 0.05) is 49.3 Å². The quantitative estimate of drug-likeness (QED) is 0.181. The molecule has 0 N–H and O–H groups in total. The van der Waals surface area contributed by atoms with Gasteiger partial charge in [-0.1, -0.05) is 141 Å². The molecular weight excluding hydrogens is 683 g/mol. The van der Waals surface area contributed by atoms with Crippen LogP contribution in [-0.4, -0.2) is 0 Å². The van der Waals surface area contributed by atoms with Crippen molar-refractivity contribution in [1.29, 1.82) is 0 Å². The molecule has 0 saturated carbocycles. The molecule has 0 bridgehead atoms. The lowest BCUT2D eigenvalue weighted by molar-refractivity contribution is 0.638. The smallest absolute Gasteiger partial charge is 0.159 e. The second kappa shape index (κ2) is 11.1. The first-order valence-electron chi connectivity index (χ1n) is 19.5. The van der Waals surface area contributed by atoms with E-state index < -0.39 is 0 Å². The fourth-order valence-electron chi connectivity index (χ4n) is 10.2. The second-order valence-electron chi connectivity index (χ2n) is 16.2.